The molecule has 4 aromatic rings. The van der Waals surface area contributed by atoms with Gasteiger partial charge in [-0.2, -0.15) is 4.68 Å². The highest BCUT2D eigenvalue weighted by Gasteiger charge is 2.33. The van der Waals surface area contributed by atoms with Crippen LogP contribution in [0.5, 0.6) is 0 Å². The molecule has 0 radical (unpaired) electrons. The van der Waals surface area contributed by atoms with E-state index in [0.717, 1.165) is 23.5 Å². The van der Waals surface area contributed by atoms with Gasteiger partial charge in [0.25, 0.3) is 5.56 Å². The first-order valence-electron chi connectivity index (χ1n) is 8.60. The van der Waals surface area contributed by atoms with Gasteiger partial charge in [0.15, 0.2) is 11.5 Å². The summed E-state index contributed by atoms with van der Waals surface area (Å²) in [6.07, 6.45) is 5.80. The van der Waals surface area contributed by atoms with E-state index in [1.807, 2.05) is 16.7 Å². The van der Waals surface area contributed by atoms with Gasteiger partial charge in [0, 0.05) is 12.1 Å². The second-order valence-electron chi connectivity index (χ2n) is 7.12. The van der Waals surface area contributed by atoms with Crippen molar-refractivity contribution in [2.45, 2.75) is 19.8 Å². The molecule has 1 fully saturated rings. The molecule has 1 aliphatic carbocycles. The van der Waals surface area contributed by atoms with E-state index in [4.69, 9.17) is 11.6 Å². The van der Waals surface area contributed by atoms with Crippen LogP contribution in [0.25, 0.3) is 22.4 Å². The minimum atomic E-state index is -0.121. The Kier molecular flexibility index (Phi) is 3.24. The van der Waals surface area contributed by atoms with Crippen molar-refractivity contribution in [1.82, 2.24) is 28.9 Å². The molecule has 3 aromatic heterocycles. The van der Waals surface area contributed by atoms with Crippen LogP contribution in [-0.2, 0) is 13.5 Å². The van der Waals surface area contributed by atoms with Gasteiger partial charge in [-0.1, -0.05) is 23.7 Å². The van der Waals surface area contributed by atoms with Gasteiger partial charge in [0.1, 0.15) is 6.33 Å². The monoisotopic (exact) mass is 368 g/mol. The zero-order valence-corrected chi connectivity index (χ0v) is 15.2. The van der Waals surface area contributed by atoms with Crippen molar-refractivity contribution in [1.29, 1.82) is 0 Å². The molecule has 0 bridgehead atoms. The largest absolute Gasteiger partial charge is 0.294 e. The molecule has 3 heterocycles. The number of benzene rings is 1. The Morgan fingerprint density at radius 1 is 1.35 bits per heavy atom. The highest BCUT2D eigenvalue weighted by atomic mass is 35.5. The molecule has 26 heavy (non-hydrogen) atoms. The zero-order valence-electron chi connectivity index (χ0n) is 14.4. The number of imidazole rings is 1. The predicted molar refractivity (Wildman–Crippen MR) is 98.8 cm³/mol. The minimum Gasteiger partial charge on any atom is -0.294 e. The molecule has 2 atom stereocenters. The lowest BCUT2D eigenvalue weighted by Crippen LogP contribution is -2.20. The summed E-state index contributed by atoms with van der Waals surface area (Å²) in [6, 6.07) is 5.29. The van der Waals surface area contributed by atoms with Crippen LogP contribution < -0.4 is 5.56 Å². The molecule has 5 rings (SSSR count). The number of nitrogens with zero attached hydrogens (tertiary/aromatic N) is 6. The molecule has 2 unspecified atom stereocenters. The van der Waals surface area contributed by atoms with Gasteiger partial charge < -0.3 is 0 Å². The average Bonchev–Trinajstić information content (AvgIpc) is 3.03. The van der Waals surface area contributed by atoms with E-state index < -0.39 is 0 Å². The maximum Gasteiger partial charge on any atom is 0.261 e. The standard InChI is InChI=1S/C18H17ClN6O/c1-10-5-11(10)6-13-8-25(22-21-13)16-17-23(2)18(26)14-7-12(19)3-4-15(14)24(17)9-20-16/h3-4,7-11H,5-6H2,1-2H3. The van der Waals surface area contributed by atoms with Crippen molar-refractivity contribution in [3.63, 3.8) is 0 Å². The summed E-state index contributed by atoms with van der Waals surface area (Å²) in [7, 11) is 1.73. The van der Waals surface area contributed by atoms with Gasteiger partial charge in [-0.15, -0.1) is 5.10 Å². The van der Waals surface area contributed by atoms with Gasteiger partial charge >= 0.3 is 0 Å². The molecule has 1 saturated carbocycles. The number of aromatic nitrogens is 6. The van der Waals surface area contributed by atoms with E-state index in [1.54, 1.807) is 34.8 Å². The SMILES string of the molecule is CC1CC1Cc1cn(-c2ncn3c4ccc(Cl)cc4c(=O)n(C)c23)nn1. The first-order chi connectivity index (χ1) is 12.5. The summed E-state index contributed by atoms with van der Waals surface area (Å²) in [5.41, 5.74) is 2.27. The quantitative estimate of drug-likeness (QED) is 0.557. The van der Waals surface area contributed by atoms with Crippen LogP contribution >= 0.6 is 11.6 Å². The molecule has 0 N–H and O–H groups in total. The third-order valence-electron chi connectivity index (χ3n) is 5.30. The van der Waals surface area contributed by atoms with Crippen molar-refractivity contribution in [2.24, 2.45) is 18.9 Å². The lowest BCUT2D eigenvalue weighted by molar-refractivity contribution is 0.723. The molecule has 1 aromatic carbocycles. The van der Waals surface area contributed by atoms with E-state index in [0.29, 0.717) is 27.8 Å². The Morgan fingerprint density at radius 2 is 2.15 bits per heavy atom. The maximum absolute atomic E-state index is 12.8. The number of hydrogen-bond donors (Lipinski definition) is 0. The number of halogens is 1. The van der Waals surface area contributed by atoms with Gasteiger partial charge in [0.2, 0.25) is 0 Å². The predicted octanol–water partition coefficient (Wildman–Crippen LogP) is 2.62. The van der Waals surface area contributed by atoms with Gasteiger partial charge in [0.05, 0.1) is 22.8 Å². The van der Waals surface area contributed by atoms with Crippen LogP contribution in [0.4, 0.5) is 0 Å². The van der Waals surface area contributed by atoms with Crippen LogP contribution in [-0.4, -0.2) is 28.9 Å². The third-order valence-corrected chi connectivity index (χ3v) is 5.53. The molecule has 7 nitrogen and oxygen atoms in total. The van der Waals surface area contributed by atoms with E-state index in [-0.39, 0.29) is 5.56 Å². The molecule has 0 spiro atoms. The molecule has 132 valence electrons. The van der Waals surface area contributed by atoms with Gasteiger partial charge in [-0.05, 0) is 42.9 Å². The molecular formula is C18H17ClN6O. The summed E-state index contributed by atoms with van der Waals surface area (Å²) >= 11 is 6.06. The second kappa shape index (κ2) is 5.41. The zero-order chi connectivity index (χ0) is 18.0. The number of hydrogen-bond acceptors (Lipinski definition) is 4. The maximum atomic E-state index is 12.8. The lowest BCUT2D eigenvalue weighted by Gasteiger charge is -2.08. The molecule has 8 heteroatoms. The number of aryl methyl sites for hydroxylation is 1. The average molecular weight is 369 g/mol. The van der Waals surface area contributed by atoms with E-state index >= 15 is 0 Å². The number of fused-ring (bicyclic) bond motifs is 3. The Bertz CT molecular complexity index is 1220. The normalized spacial score (nSPS) is 19.5. The van der Waals surface area contributed by atoms with E-state index in [1.165, 1.54) is 6.42 Å². The van der Waals surface area contributed by atoms with Crippen molar-refractivity contribution >= 4 is 28.2 Å². The second-order valence-corrected chi connectivity index (χ2v) is 7.56. The van der Waals surface area contributed by atoms with Crippen molar-refractivity contribution in [3.8, 4) is 5.82 Å². The highest BCUT2D eigenvalue weighted by molar-refractivity contribution is 6.31. The first-order valence-corrected chi connectivity index (χ1v) is 8.97. The number of rotatable bonds is 3. The van der Waals surface area contributed by atoms with Gasteiger partial charge in [-0.25, -0.2) is 4.98 Å². The molecular weight excluding hydrogens is 352 g/mol. The summed E-state index contributed by atoms with van der Waals surface area (Å²) in [5, 5.41) is 9.60. The topological polar surface area (TPSA) is 70.0 Å². The fourth-order valence-corrected chi connectivity index (χ4v) is 3.77. The smallest absolute Gasteiger partial charge is 0.261 e. The fourth-order valence-electron chi connectivity index (χ4n) is 3.60. The van der Waals surface area contributed by atoms with E-state index in [9.17, 15) is 4.79 Å². The third kappa shape index (κ3) is 2.27. The van der Waals surface area contributed by atoms with Crippen LogP contribution in [0.15, 0.2) is 35.5 Å². The first kappa shape index (κ1) is 15.6. The van der Waals surface area contributed by atoms with Crippen molar-refractivity contribution in [3.05, 3.63) is 51.8 Å². The Balaban J connectivity index is 1.69. The van der Waals surface area contributed by atoms with Crippen LogP contribution in [0.3, 0.4) is 0 Å². The summed E-state index contributed by atoms with van der Waals surface area (Å²) in [6.45, 7) is 2.26. The Labute approximate surface area is 153 Å². The molecule has 0 saturated heterocycles. The Morgan fingerprint density at radius 3 is 2.92 bits per heavy atom. The summed E-state index contributed by atoms with van der Waals surface area (Å²) in [4.78, 5) is 17.3. The van der Waals surface area contributed by atoms with Gasteiger partial charge in [-0.3, -0.25) is 13.8 Å². The minimum absolute atomic E-state index is 0.121. The highest BCUT2D eigenvalue weighted by Crippen LogP contribution is 2.39. The summed E-state index contributed by atoms with van der Waals surface area (Å²) < 4.78 is 5.11. The fraction of sp³-hybridized carbons (Fsp3) is 0.333. The lowest BCUT2D eigenvalue weighted by atomic mass is 10.2. The summed E-state index contributed by atoms with van der Waals surface area (Å²) in [5.74, 6) is 2.06. The van der Waals surface area contributed by atoms with Crippen LogP contribution in [0.2, 0.25) is 5.02 Å². The Hall–Kier alpha value is -2.67. The van der Waals surface area contributed by atoms with Crippen LogP contribution in [0.1, 0.15) is 19.0 Å². The molecule has 0 aliphatic heterocycles. The van der Waals surface area contributed by atoms with E-state index in [2.05, 4.69) is 22.2 Å². The van der Waals surface area contributed by atoms with Crippen molar-refractivity contribution < 1.29 is 0 Å². The van der Waals surface area contributed by atoms with Crippen molar-refractivity contribution in [2.75, 3.05) is 0 Å². The van der Waals surface area contributed by atoms with Crippen LogP contribution in [0, 0.1) is 11.8 Å². The molecule has 1 aliphatic rings. The molecule has 0 amide bonds.